The van der Waals surface area contributed by atoms with E-state index in [4.69, 9.17) is 26.1 Å². The number of nitrogens with one attached hydrogen (secondary N) is 4. The average molecular weight is 1030 g/mol. The molecule has 2 atom stereocenters. The Balaban J connectivity index is 0.674. The number of piperidine rings is 4. The van der Waals surface area contributed by atoms with Crippen molar-refractivity contribution in [2.24, 2.45) is 11.8 Å². The number of rotatable bonds is 14. The van der Waals surface area contributed by atoms with Gasteiger partial charge in [-0.1, -0.05) is 41.9 Å². The lowest BCUT2D eigenvalue weighted by Gasteiger charge is -2.42. The number of ether oxygens (including phenoxy) is 2. The molecule has 4 N–H and O–H groups in total. The zero-order chi connectivity index (χ0) is 50.6. The maximum absolute atomic E-state index is 14.3. The van der Waals surface area contributed by atoms with Crippen LogP contribution in [0.25, 0.3) is 20.8 Å². The average Bonchev–Trinajstić information content (AvgIpc) is 3.86. The van der Waals surface area contributed by atoms with Crippen molar-refractivity contribution in [2.45, 2.75) is 75.2 Å². The lowest BCUT2D eigenvalue weighted by molar-refractivity contribution is -0.147. The highest BCUT2D eigenvalue weighted by Gasteiger charge is 2.46. The molecule has 4 aromatic carbocycles. The fourth-order valence-electron chi connectivity index (χ4n) is 11.2. The molecule has 4 fully saturated rings. The molecule has 18 heteroatoms. The van der Waals surface area contributed by atoms with Gasteiger partial charge in [-0.05, 0) is 117 Å². The Labute approximate surface area is 433 Å². The van der Waals surface area contributed by atoms with Crippen LogP contribution in [0.15, 0.2) is 84.9 Å². The minimum Gasteiger partial charge on any atom is -0.492 e. The summed E-state index contributed by atoms with van der Waals surface area (Å²) < 4.78 is 13.7. The number of carbonyl (C=O) groups excluding carboxylic acids is 6. The molecule has 0 aliphatic carbocycles. The molecule has 0 radical (unpaired) electrons. The van der Waals surface area contributed by atoms with Gasteiger partial charge in [-0.2, -0.15) is 0 Å². The van der Waals surface area contributed by atoms with Gasteiger partial charge in [0.15, 0.2) is 5.60 Å². The molecular formula is C55H61ClN8O8S. The monoisotopic (exact) mass is 1030 g/mol. The van der Waals surface area contributed by atoms with E-state index in [0.29, 0.717) is 58.1 Å². The fraction of sp³-hybridized carbons (Fsp3) is 0.436. The largest absolute Gasteiger partial charge is 0.492 e. The van der Waals surface area contributed by atoms with E-state index in [1.54, 1.807) is 30.1 Å². The van der Waals surface area contributed by atoms with Crippen LogP contribution in [0.3, 0.4) is 0 Å². The zero-order valence-corrected chi connectivity index (χ0v) is 42.5. The Bertz CT molecular complexity index is 2890. The number of hydrogen-bond donors (Lipinski definition) is 4. The molecule has 6 heterocycles. The summed E-state index contributed by atoms with van der Waals surface area (Å²) in [7, 11) is 1.58. The van der Waals surface area contributed by atoms with Gasteiger partial charge in [0.1, 0.15) is 23.1 Å². The van der Waals surface area contributed by atoms with Crippen LogP contribution in [-0.4, -0.2) is 122 Å². The summed E-state index contributed by atoms with van der Waals surface area (Å²) >= 11 is 7.94. The highest BCUT2D eigenvalue weighted by atomic mass is 35.5. The van der Waals surface area contributed by atoms with Crippen molar-refractivity contribution in [3.63, 3.8) is 0 Å². The number of fused-ring (bicyclic) bond motifs is 2. The summed E-state index contributed by atoms with van der Waals surface area (Å²) in [5, 5.41) is 12.5. The Morgan fingerprint density at radius 2 is 1.62 bits per heavy atom. The Hall–Kier alpha value is -6.56. The molecule has 0 bridgehead atoms. The van der Waals surface area contributed by atoms with Crippen LogP contribution in [0.2, 0.25) is 5.02 Å². The predicted octanol–water partition coefficient (Wildman–Crippen LogP) is 6.87. The van der Waals surface area contributed by atoms with Crippen LogP contribution in [0.5, 0.6) is 11.5 Å². The molecule has 5 aliphatic rings. The third-order valence-electron chi connectivity index (χ3n) is 15.3. The third-order valence-corrected chi connectivity index (χ3v) is 16.9. The van der Waals surface area contributed by atoms with E-state index in [1.165, 1.54) is 11.3 Å². The number of thiazole rings is 1. The molecule has 73 heavy (non-hydrogen) atoms. The Kier molecular flexibility index (Phi) is 15.0. The number of halogens is 1. The molecule has 382 valence electrons. The van der Waals surface area contributed by atoms with E-state index in [9.17, 15) is 28.8 Å². The van der Waals surface area contributed by atoms with Gasteiger partial charge < -0.3 is 40.1 Å². The van der Waals surface area contributed by atoms with Crippen molar-refractivity contribution in [2.75, 3.05) is 76.2 Å². The first-order valence-electron chi connectivity index (χ1n) is 25.5. The normalized spacial score (nSPS) is 20.7. The number of amides is 6. The summed E-state index contributed by atoms with van der Waals surface area (Å²) in [6, 6.07) is 26.6. The first kappa shape index (κ1) is 50.0. The van der Waals surface area contributed by atoms with Crippen LogP contribution in [0, 0.1) is 11.8 Å². The van der Waals surface area contributed by atoms with Gasteiger partial charge in [-0.15, -0.1) is 11.3 Å². The smallest absolute Gasteiger partial charge is 0.264 e. The van der Waals surface area contributed by atoms with E-state index in [0.717, 1.165) is 85.4 Å². The molecule has 1 unspecified atom stereocenters. The Morgan fingerprint density at radius 3 is 2.36 bits per heavy atom. The molecule has 4 saturated heterocycles. The minimum atomic E-state index is -1.26. The van der Waals surface area contributed by atoms with Gasteiger partial charge in [0.05, 0.1) is 39.2 Å². The summed E-state index contributed by atoms with van der Waals surface area (Å²) in [5.41, 5.74) is 3.57. The van der Waals surface area contributed by atoms with Crippen molar-refractivity contribution < 1.29 is 38.2 Å². The fourth-order valence-corrected chi connectivity index (χ4v) is 12.5. The third kappa shape index (κ3) is 11.0. The van der Waals surface area contributed by atoms with Gasteiger partial charge in [0, 0.05) is 82.7 Å². The van der Waals surface area contributed by atoms with Crippen LogP contribution in [0.1, 0.15) is 80.8 Å². The van der Waals surface area contributed by atoms with Crippen molar-refractivity contribution >= 4 is 80.0 Å². The first-order valence-corrected chi connectivity index (χ1v) is 26.7. The second-order valence-electron chi connectivity index (χ2n) is 19.9. The molecule has 5 aromatic rings. The summed E-state index contributed by atoms with van der Waals surface area (Å²) in [6.45, 7) is 5.80. The van der Waals surface area contributed by atoms with Gasteiger partial charge in [0.2, 0.25) is 29.5 Å². The molecule has 16 nitrogen and oxygen atoms in total. The molecule has 1 aromatic heterocycles. The second-order valence-corrected chi connectivity index (χ2v) is 21.3. The number of benzene rings is 4. The SMILES string of the molecule is CNC(=O)C1(Oc2ccccc2-c2nc3cccc(Cl)c3s2)CCN(C(=O)[C@H]2CC(=O)Nc3ccc(OCCNC(=O)C4CCN(CC5CCN(c6ccc(C7CCC(=O)NC7=O)cc6)CC5)CC4)cc32)CC1. The van der Waals surface area contributed by atoms with Gasteiger partial charge in [0.25, 0.3) is 5.91 Å². The van der Waals surface area contributed by atoms with Crippen LogP contribution < -0.4 is 35.6 Å². The van der Waals surface area contributed by atoms with Crippen molar-refractivity contribution in [3.8, 4) is 22.1 Å². The highest BCUT2D eigenvalue weighted by molar-refractivity contribution is 7.22. The van der Waals surface area contributed by atoms with Crippen LogP contribution >= 0.6 is 22.9 Å². The molecule has 6 amide bonds. The van der Waals surface area contributed by atoms with E-state index in [1.807, 2.05) is 54.6 Å². The van der Waals surface area contributed by atoms with E-state index < -0.39 is 11.5 Å². The standard InChI is InChI=1S/C55H61ClN8O8S/c1-57-54(70)55(72-46-8-3-2-5-40(46)52-60-45-7-4-6-43(56)49(45)73-52)21-28-64(29-22-55)53(69)42-32-48(66)59-44-15-13-38(31-41(42)44)71-30-23-58-50(67)36-19-24-62(25-20-36)33-34-17-26-63(27-18-34)37-11-9-35(10-12-37)39-14-16-47(65)61-51(39)68/h2-13,15,31,34,36,39,42H,14,16-30,32-33H2,1H3,(H,57,70)(H,58,67)(H,59,66)(H,61,65,68)/t39?,42-/m0/s1. The highest BCUT2D eigenvalue weighted by Crippen LogP contribution is 2.42. The number of carbonyl (C=O) groups is 6. The summed E-state index contributed by atoms with van der Waals surface area (Å²) in [5.74, 6) is -0.560. The number of likely N-dealkylation sites (N-methyl/N-ethyl adjacent to an activating group) is 1. The van der Waals surface area contributed by atoms with Crippen LogP contribution in [0.4, 0.5) is 11.4 Å². The second kappa shape index (κ2) is 21.9. The van der Waals surface area contributed by atoms with E-state index >= 15 is 0 Å². The van der Waals surface area contributed by atoms with E-state index in [2.05, 4.69) is 43.2 Å². The number of para-hydroxylation sites is 1. The Morgan fingerprint density at radius 1 is 0.849 bits per heavy atom. The van der Waals surface area contributed by atoms with Crippen LogP contribution in [-0.2, 0) is 28.8 Å². The predicted molar refractivity (Wildman–Crippen MR) is 280 cm³/mol. The number of nitrogens with zero attached hydrogens (tertiary/aromatic N) is 4. The van der Waals surface area contributed by atoms with Crippen molar-refractivity contribution in [3.05, 3.63) is 101 Å². The number of anilines is 2. The number of hydrogen-bond acceptors (Lipinski definition) is 12. The topological polar surface area (TPSA) is 192 Å². The molecule has 5 aliphatic heterocycles. The lowest BCUT2D eigenvalue weighted by Crippen LogP contribution is -2.58. The number of imide groups is 1. The lowest BCUT2D eigenvalue weighted by atomic mass is 9.86. The maximum atomic E-state index is 14.3. The van der Waals surface area contributed by atoms with Crippen molar-refractivity contribution in [1.29, 1.82) is 0 Å². The molecule has 0 spiro atoms. The summed E-state index contributed by atoms with van der Waals surface area (Å²) in [6.07, 6.45) is 5.17. The number of likely N-dealkylation sites (tertiary alicyclic amines) is 2. The minimum absolute atomic E-state index is 0.0253. The van der Waals surface area contributed by atoms with E-state index in [-0.39, 0.29) is 86.2 Å². The quantitative estimate of drug-likeness (QED) is 0.0671. The van der Waals surface area contributed by atoms with Gasteiger partial charge in [-0.25, -0.2) is 4.98 Å². The molecule has 0 saturated carbocycles. The number of aromatic nitrogens is 1. The van der Waals surface area contributed by atoms with Gasteiger partial charge in [-0.3, -0.25) is 34.1 Å². The van der Waals surface area contributed by atoms with Gasteiger partial charge >= 0.3 is 0 Å². The first-order chi connectivity index (χ1) is 35.4. The molecular weight excluding hydrogens is 968 g/mol. The summed E-state index contributed by atoms with van der Waals surface area (Å²) in [4.78, 5) is 89.5. The molecule has 10 rings (SSSR count). The van der Waals surface area contributed by atoms with Crippen molar-refractivity contribution in [1.82, 2.24) is 30.7 Å². The zero-order valence-electron chi connectivity index (χ0n) is 41.0. The maximum Gasteiger partial charge on any atom is 0.264 e.